The molecule has 1 atom stereocenters. The van der Waals surface area contributed by atoms with Crippen LogP contribution in [0.25, 0.3) is 0 Å². The molecule has 15 heavy (non-hydrogen) atoms. The Morgan fingerprint density at radius 1 is 1.27 bits per heavy atom. The van der Waals surface area contributed by atoms with Crippen LogP contribution in [-0.2, 0) is 5.75 Å². The number of hydrogen-bond acceptors (Lipinski definition) is 2. The van der Waals surface area contributed by atoms with Crippen LogP contribution in [0.4, 0.5) is 0 Å². The van der Waals surface area contributed by atoms with Crippen molar-refractivity contribution in [3.63, 3.8) is 0 Å². The lowest BCUT2D eigenvalue weighted by Crippen LogP contribution is -2.28. The molecule has 1 nitrogen and oxygen atoms in total. The summed E-state index contributed by atoms with van der Waals surface area (Å²) in [5.41, 5.74) is 8.80. The molecule has 0 saturated heterocycles. The Balaban J connectivity index is 2.35. The van der Waals surface area contributed by atoms with Crippen molar-refractivity contribution in [3.05, 3.63) is 35.4 Å². The first-order valence-electron chi connectivity index (χ1n) is 5.49. The third-order valence-corrected chi connectivity index (χ3v) is 3.82. The van der Waals surface area contributed by atoms with Crippen molar-refractivity contribution in [2.24, 2.45) is 11.7 Å². The van der Waals surface area contributed by atoms with Gasteiger partial charge in [-0.05, 0) is 24.0 Å². The molecule has 2 N–H and O–H groups in total. The van der Waals surface area contributed by atoms with Crippen LogP contribution in [-0.4, -0.2) is 11.8 Å². The van der Waals surface area contributed by atoms with Crippen molar-refractivity contribution in [2.45, 2.75) is 32.6 Å². The smallest absolute Gasteiger partial charge is 0.0187 e. The van der Waals surface area contributed by atoms with Crippen molar-refractivity contribution in [2.75, 3.05) is 5.75 Å². The normalized spacial score (nSPS) is 13.1. The first-order valence-corrected chi connectivity index (χ1v) is 6.64. The average molecular weight is 223 g/mol. The minimum atomic E-state index is 0.319. The predicted molar refractivity (Wildman–Crippen MR) is 70.2 cm³/mol. The predicted octanol–water partition coefficient (Wildman–Crippen LogP) is 3.21. The van der Waals surface area contributed by atoms with E-state index in [-0.39, 0.29) is 0 Å². The number of thioether (sulfide) groups is 1. The van der Waals surface area contributed by atoms with Gasteiger partial charge in [0.05, 0.1) is 0 Å². The summed E-state index contributed by atoms with van der Waals surface area (Å²) in [6.07, 6.45) is 0. The number of aryl methyl sites for hydroxylation is 1. The van der Waals surface area contributed by atoms with E-state index in [1.54, 1.807) is 0 Å². The van der Waals surface area contributed by atoms with E-state index in [1.807, 2.05) is 11.8 Å². The highest BCUT2D eigenvalue weighted by atomic mass is 32.2. The highest BCUT2D eigenvalue weighted by Gasteiger charge is 2.07. The number of nitrogens with two attached hydrogens (primary N) is 1. The van der Waals surface area contributed by atoms with Gasteiger partial charge in [-0.1, -0.05) is 38.1 Å². The largest absolute Gasteiger partial charge is 0.327 e. The van der Waals surface area contributed by atoms with Gasteiger partial charge in [0.2, 0.25) is 0 Å². The van der Waals surface area contributed by atoms with Crippen molar-refractivity contribution in [3.8, 4) is 0 Å². The molecular weight excluding hydrogens is 202 g/mol. The molecule has 1 aromatic carbocycles. The van der Waals surface area contributed by atoms with Crippen molar-refractivity contribution >= 4 is 11.8 Å². The van der Waals surface area contributed by atoms with E-state index < -0.39 is 0 Å². The molecule has 0 aliphatic rings. The zero-order chi connectivity index (χ0) is 11.3. The van der Waals surface area contributed by atoms with E-state index in [1.165, 1.54) is 11.1 Å². The Hall–Kier alpha value is -0.470. The number of benzene rings is 1. The molecule has 0 saturated carbocycles. The van der Waals surface area contributed by atoms with Crippen LogP contribution in [0.15, 0.2) is 24.3 Å². The van der Waals surface area contributed by atoms with Crippen LogP contribution in [0.3, 0.4) is 0 Å². The summed E-state index contributed by atoms with van der Waals surface area (Å²) < 4.78 is 0. The summed E-state index contributed by atoms with van der Waals surface area (Å²) in [6, 6.07) is 8.87. The summed E-state index contributed by atoms with van der Waals surface area (Å²) in [4.78, 5) is 0. The first kappa shape index (κ1) is 12.6. The molecule has 1 aromatic rings. The lowest BCUT2D eigenvalue weighted by atomic mass is 10.1. The third-order valence-electron chi connectivity index (χ3n) is 2.69. The molecule has 0 heterocycles. The van der Waals surface area contributed by atoms with Crippen LogP contribution >= 0.6 is 11.8 Å². The third kappa shape index (κ3) is 4.27. The fourth-order valence-corrected chi connectivity index (χ4v) is 2.59. The van der Waals surface area contributed by atoms with E-state index >= 15 is 0 Å². The lowest BCUT2D eigenvalue weighted by molar-refractivity contribution is 0.535. The highest BCUT2D eigenvalue weighted by Crippen LogP contribution is 2.17. The van der Waals surface area contributed by atoms with Crippen molar-refractivity contribution in [1.82, 2.24) is 0 Å². The van der Waals surface area contributed by atoms with Crippen LogP contribution in [0.1, 0.15) is 25.0 Å². The van der Waals surface area contributed by atoms with Crippen LogP contribution in [0.2, 0.25) is 0 Å². The molecule has 0 aromatic heterocycles. The molecule has 1 rings (SSSR count). The topological polar surface area (TPSA) is 26.0 Å². The van der Waals surface area contributed by atoms with Gasteiger partial charge in [0.1, 0.15) is 0 Å². The lowest BCUT2D eigenvalue weighted by Gasteiger charge is -2.15. The van der Waals surface area contributed by atoms with Gasteiger partial charge < -0.3 is 5.73 Å². The summed E-state index contributed by atoms with van der Waals surface area (Å²) in [5, 5.41) is 0. The van der Waals surface area contributed by atoms with Gasteiger partial charge in [-0.25, -0.2) is 0 Å². The maximum absolute atomic E-state index is 6.00. The maximum atomic E-state index is 6.00. The van der Waals surface area contributed by atoms with Gasteiger partial charge in [0.25, 0.3) is 0 Å². The summed E-state index contributed by atoms with van der Waals surface area (Å²) in [7, 11) is 0. The van der Waals surface area contributed by atoms with Gasteiger partial charge in [-0.2, -0.15) is 11.8 Å². The Morgan fingerprint density at radius 2 is 1.93 bits per heavy atom. The molecule has 0 aliphatic carbocycles. The van der Waals surface area contributed by atoms with Crippen molar-refractivity contribution < 1.29 is 0 Å². The van der Waals surface area contributed by atoms with E-state index in [2.05, 4.69) is 45.0 Å². The Labute approximate surface area is 97.4 Å². The minimum Gasteiger partial charge on any atom is -0.327 e. The molecule has 0 fully saturated rings. The van der Waals surface area contributed by atoms with E-state index in [9.17, 15) is 0 Å². The maximum Gasteiger partial charge on any atom is 0.0187 e. The number of hydrogen-bond donors (Lipinski definition) is 1. The van der Waals surface area contributed by atoms with Crippen LogP contribution < -0.4 is 5.73 Å². The second-order valence-corrected chi connectivity index (χ2v) is 5.38. The average Bonchev–Trinajstić information content (AvgIpc) is 2.20. The Morgan fingerprint density at radius 3 is 2.53 bits per heavy atom. The minimum absolute atomic E-state index is 0.319. The van der Waals surface area contributed by atoms with E-state index in [4.69, 9.17) is 5.73 Å². The van der Waals surface area contributed by atoms with Crippen molar-refractivity contribution in [1.29, 1.82) is 0 Å². The second-order valence-electron chi connectivity index (χ2n) is 4.35. The first-order chi connectivity index (χ1) is 7.11. The molecule has 0 amide bonds. The molecule has 0 radical (unpaired) electrons. The van der Waals surface area contributed by atoms with Crippen LogP contribution in [0, 0.1) is 12.8 Å². The highest BCUT2D eigenvalue weighted by molar-refractivity contribution is 7.98. The number of rotatable bonds is 5. The summed E-state index contributed by atoms with van der Waals surface area (Å²) >= 11 is 1.93. The monoisotopic (exact) mass is 223 g/mol. The molecule has 0 aliphatic heterocycles. The van der Waals surface area contributed by atoms with Gasteiger partial charge in [-0.3, -0.25) is 0 Å². The van der Waals surface area contributed by atoms with Crippen LogP contribution in [0.5, 0.6) is 0 Å². The molecule has 84 valence electrons. The molecule has 0 bridgehead atoms. The van der Waals surface area contributed by atoms with Gasteiger partial charge in [0, 0.05) is 17.5 Å². The Bertz CT molecular complexity index is 296. The quantitative estimate of drug-likeness (QED) is 0.829. The fourth-order valence-electron chi connectivity index (χ4n) is 1.27. The standard InChI is InChI=1S/C13H21NS/c1-10(2)13(14)9-15-8-12-7-5-4-6-11(12)3/h4-7,10,13H,8-9,14H2,1-3H3. The summed E-state index contributed by atoms with van der Waals surface area (Å²) in [5.74, 6) is 2.70. The molecular formula is C13H21NS. The SMILES string of the molecule is Cc1ccccc1CSCC(N)C(C)C. The summed E-state index contributed by atoms with van der Waals surface area (Å²) in [6.45, 7) is 6.52. The zero-order valence-corrected chi connectivity index (χ0v) is 10.7. The van der Waals surface area contributed by atoms with Gasteiger partial charge in [0.15, 0.2) is 0 Å². The molecule has 2 heteroatoms. The van der Waals surface area contributed by atoms with Gasteiger partial charge in [-0.15, -0.1) is 0 Å². The van der Waals surface area contributed by atoms with E-state index in [0.29, 0.717) is 12.0 Å². The van der Waals surface area contributed by atoms with E-state index in [0.717, 1.165) is 11.5 Å². The molecule has 0 spiro atoms. The van der Waals surface area contributed by atoms with Gasteiger partial charge >= 0.3 is 0 Å². The second kappa shape index (κ2) is 6.19. The zero-order valence-electron chi connectivity index (χ0n) is 9.86. The Kier molecular flexibility index (Phi) is 5.20. The molecule has 1 unspecified atom stereocenters. The fraction of sp³-hybridized carbons (Fsp3) is 0.538.